The number of nitrogens with zero attached hydrogens (tertiary/aromatic N) is 2. The van der Waals surface area contributed by atoms with Gasteiger partial charge in [-0.3, -0.25) is 0 Å². The lowest BCUT2D eigenvalue weighted by molar-refractivity contribution is 0.167. The summed E-state index contributed by atoms with van der Waals surface area (Å²) in [4.78, 5) is 15.9. The monoisotopic (exact) mass is 230 g/mol. The predicted molar refractivity (Wildman–Crippen MR) is 66.4 cm³/mol. The van der Waals surface area contributed by atoms with Gasteiger partial charge in [-0.2, -0.15) is 11.8 Å². The van der Waals surface area contributed by atoms with Gasteiger partial charge in [-0.1, -0.05) is 12.8 Å². The summed E-state index contributed by atoms with van der Waals surface area (Å²) in [5.74, 6) is 1.02. The van der Waals surface area contributed by atoms with E-state index in [1.807, 2.05) is 16.8 Å². The van der Waals surface area contributed by atoms with Crippen LogP contribution in [0.1, 0.15) is 25.7 Å². The molecule has 0 aromatic rings. The van der Waals surface area contributed by atoms with Gasteiger partial charge in [0.05, 0.1) is 0 Å². The summed E-state index contributed by atoms with van der Waals surface area (Å²) in [5, 5.41) is 0. The summed E-state index contributed by atoms with van der Waals surface area (Å²) in [6.45, 7) is 2.75. The topological polar surface area (TPSA) is 23.6 Å². The van der Waals surface area contributed by atoms with Crippen LogP contribution in [-0.2, 0) is 0 Å². The summed E-state index contributed by atoms with van der Waals surface area (Å²) >= 11 is 1.79. The number of carbonyl (C=O) groups excluding carboxylic acids is 1. The number of amides is 2. The van der Waals surface area contributed by atoms with Gasteiger partial charge < -0.3 is 9.80 Å². The Kier molecular flexibility index (Phi) is 5.91. The third-order valence-electron chi connectivity index (χ3n) is 2.83. The predicted octanol–water partition coefficient (Wildman–Crippen LogP) is 2.28. The number of rotatable bonds is 3. The highest BCUT2D eigenvalue weighted by atomic mass is 32.2. The Morgan fingerprint density at radius 3 is 2.40 bits per heavy atom. The first-order valence-corrected chi connectivity index (χ1v) is 7.14. The number of likely N-dealkylation sites (tertiary alicyclic amines) is 1. The van der Waals surface area contributed by atoms with E-state index >= 15 is 0 Å². The minimum atomic E-state index is 0.214. The molecule has 0 atom stereocenters. The van der Waals surface area contributed by atoms with Crippen LogP contribution in [-0.4, -0.2) is 54.5 Å². The molecule has 0 radical (unpaired) electrons. The van der Waals surface area contributed by atoms with Crippen molar-refractivity contribution in [1.29, 1.82) is 0 Å². The summed E-state index contributed by atoms with van der Waals surface area (Å²) in [5.41, 5.74) is 0. The van der Waals surface area contributed by atoms with Crippen LogP contribution in [0.25, 0.3) is 0 Å². The molecule has 1 heterocycles. The van der Waals surface area contributed by atoms with Crippen molar-refractivity contribution in [3.05, 3.63) is 0 Å². The average Bonchev–Trinajstić information content (AvgIpc) is 2.53. The normalized spacial score (nSPS) is 17.3. The van der Waals surface area contributed by atoms with Crippen LogP contribution < -0.4 is 0 Å². The maximum absolute atomic E-state index is 12.0. The highest BCUT2D eigenvalue weighted by molar-refractivity contribution is 7.98. The van der Waals surface area contributed by atoms with Gasteiger partial charge in [-0.15, -0.1) is 0 Å². The molecule has 1 rings (SSSR count). The summed E-state index contributed by atoms with van der Waals surface area (Å²) in [7, 11) is 1.91. The molecule has 1 aliphatic rings. The smallest absolute Gasteiger partial charge is 0.319 e. The third-order valence-corrected chi connectivity index (χ3v) is 3.42. The fourth-order valence-electron chi connectivity index (χ4n) is 1.83. The Morgan fingerprint density at radius 1 is 1.27 bits per heavy atom. The number of carbonyl (C=O) groups is 1. The molecule has 2 amide bonds. The van der Waals surface area contributed by atoms with Crippen LogP contribution in [0.5, 0.6) is 0 Å². The first kappa shape index (κ1) is 12.7. The van der Waals surface area contributed by atoms with E-state index in [0.717, 1.165) is 25.4 Å². The van der Waals surface area contributed by atoms with Gasteiger partial charge in [0.15, 0.2) is 0 Å². The summed E-state index contributed by atoms with van der Waals surface area (Å²) in [6.07, 6.45) is 6.96. The quantitative estimate of drug-likeness (QED) is 0.742. The van der Waals surface area contributed by atoms with Crippen molar-refractivity contribution >= 4 is 17.8 Å². The number of urea groups is 1. The number of hydrogen-bond donors (Lipinski definition) is 0. The van der Waals surface area contributed by atoms with Gasteiger partial charge in [-0.05, 0) is 19.1 Å². The molecule has 0 spiro atoms. The molecule has 0 bridgehead atoms. The lowest BCUT2D eigenvalue weighted by Gasteiger charge is -2.26. The zero-order valence-electron chi connectivity index (χ0n) is 9.87. The molecule has 1 fully saturated rings. The number of thioether (sulfide) groups is 1. The van der Waals surface area contributed by atoms with Gasteiger partial charge in [0.25, 0.3) is 0 Å². The Hall–Kier alpha value is -0.380. The summed E-state index contributed by atoms with van der Waals surface area (Å²) < 4.78 is 0. The van der Waals surface area contributed by atoms with E-state index < -0.39 is 0 Å². The SMILES string of the molecule is CSCCN(C)C(=O)N1CCCCCC1. The van der Waals surface area contributed by atoms with Crippen molar-refractivity contribution < 1.29 is 4.79 Å². The number of hydrogen-bond acceptors (Lipinski definition) is 2. The standard InChI is InChI=1S/C11H22N2OS/c1-12(9-10-15-2)11(14)13-7-5-3-4-6-8-13/h3-10H2,1-2H3. The molecule has 0 N–H and O–H groups in total. The van der Waals surface area contributed by atoms with E-state index in [0.29, 0.717) is 0 Å². The van der Waals surface area contributed by atoms with Crippen LogP contribution in [0, 0.1) is 0 Å². The van der Waals surface area contributed by atoms with E-state index in [9.17, 15) is 4.79 Å². The van der Waals surface area contributed by atoms with Crippen LogP contribution in [0.2, 0.25) is 0 Å². The summed E-state index contributed by atoms with van der Waals surface area (Å²) in [6, 6.07) is 0.214. The second-order valence-electron chi connectivity index (χ2n) is 4.10. The average molecular weight is 230 g/mol. The van der Waals surface area contributed by atoms with E-state index in [1.54, 1.807) is 11.8 Å². The minimum Gasteiger partial charge on any atom is -0.327 e. The molecule has 88 valence electrons. The highest BCUT2D eigenvalue weighted by Crippen LogP contribution is 2.11. The van der Waals surface area contributed by atoms with Crippen LogP contribution in [0.3, 0.4) is 0 Å². The Labute approximate surface area is 97.2 Å². The lowest BCUT2D eigenvalue weighted by Crippen LogP contribution is -2.42. The lowest BCUT2D eigenvalue weighted by atomic mass is 10.2. The fourth-order valence-corrected chi connectivity index (χ4v) is 2.28. The molecule has 0 aromatic carbocycles. The van der Waals surface area contributed by atoms with E-state index in [-0.39, 0.29) is 6.03 Å². The van der Waals surface area contributed by atoms with Gasteiger partial charge in [-0.25, -0.2) is 4.79 Å². The maximum atomic E-state index is 12.0. The Bertz CT molecular complexity index is 191. The molecular weight excluding hydrogens is 208 g/mol. The largest absolute Gasteiger partial charge is 0.327 e. The zero-order chi connectivity index (χ0) is 11.1. The Morgan fingerprint density at radius 2 is 1.87 bits per heavy atom. The second kappa shape index (κ2) is 6.99. The van der Waals surface area contributed by atoms with Gasteiger partial charge >= 0.3 is 6.03 Å². The van der Waals surface area contributed by atoms with Crippen LogP contribution in [0.15, 0.2) is 0 Å². The zero-order valence-corrected chi connectivity index (χ0v) is 10.7. The van der Waals surface area contributed by atoms with E-state index in [2.05, 4.69) is 6.26 Å². The van der Waals surface area contributed by atoms with Crippen molar-refractivity contribution in [1.82, 2.24) is 9.80 Å². The molecule has 0 aromatic heterocycles. The van der Waals surface area contributed by atoms with Gasteiger partial charge in [0, 0.05) is 32.4 Å². The van der Waals surface area contributed by atoms with Crippen molar-refractivity contribution in [2.75, 3.05) is 38.7 Å². The molecule has 1 aliphatic heterocycles. The molecule has 15 heavy (non-hydrogen) atoms. The molecular formula is C11H22N2OS. The highest BCUT2D eigenvalue weighted by Gasteiger charge is 2.18. The van der Waals surface area contributed by atoms with Gasteiger partial charge in [0.2, 0.25) is 0 Å². The maximum Gasteiger partial charge on any atom is 0.319 e. The molecule has 4 heteroatoms. The Balaban J connectivity index is 2.35. The third kappa shape index (κ3) is 4.33. The second-order valence-corrected chi connectivity index (χ2v) is 5.08. The molecule has 0 unspecified atom stereocenters. The van der Waals surface area contributed by atoms with Crippen molar-refractivity contribution in [2.45, 2.75) is 25.7 Å². The van der Waals surface area contributed by atoms with E-state index in [4.69, 9.17) is 0 Å². The minimum absolute atomic E-state index is 0.214. The molecule has 0 aliphatic carbocycles. The first-order valence-electron chi connectivity index (χ1n) is 5.74. The van der Waals surface area contributed by atoms with E-state index in [1.165, 1.54) is 25.7 Å². The van der Waals surface area contributed by atoms with Gasteiger partial charge in [0.1, 0.15) is 0 Å². The van der Waals surface area contributed by atoms with Crippen LogP contribution >= 0.6 is 11.8 Å². The first-order chi connectivity index (χ1) is 7.25. The van der Waals surface area contributed by atoms with Crippen molar-refractivity contribution in [2.24, 2.45) is 0 Å². The van der Waals surface area contributed by atoms with Crippen molar-refractivity contribution in [3.63, 3.8) is 0 Å². The molecule has 3 nitrogen and oxygen atoms in total. The molecule has 1 saturated heterocycles. The fraction of sp³-hybridized carbons (Fsp3) is 0.909. The van der Waals surface area contributed by atoms with Crippen molar-refractivity contribution in [3.8, 4) is 0 Å². The van der Waals surface area contributed by atoms with Crippen LogP contribution in [0.4, 0.5) is 4.79 Å². The molecule has 0 saturated carbocycles.